The van der Waals surface area contributed by atoms with Gasteiger partial charge in [-0.3, -0.25) is 0 Å². The smallest absolute Gasteiger partial charge is 0.243 e. The van der Waals surface area contributed by atoms with E-state index in [2.05, 4.69) is 46.5 Å². The summed E-state index contributed by atoms with van der Waals surface area (Å²) in [5.74, 6) is 0.889. The average Bonchev–Trinajstić information content (AvgIpc) is 2.76. The molecule has 0 radical (unpaired) electrons. The SMILES string of the molecule is Cc1ccc(CC(C)Nc2n[nH]c(N)n2)s1. The van der Waals surface area contributed by atoms with Crippen LogP contribution in [0.15, 0.2) is 12.1 Å². The summed E-state index contributed by atoms with van der Waals surface area (Å²) in [6, 6.07) is 4.58. The summed E-state index contributed by atoms with van der Waals surface area (Å²) >= 11 is 1.82. The zero-order chi connectivity index (χ0) is 11.5. The van der Waals surface area contributed by atoms with Crippen LogP contribution in [0.4, 0.5) is 11.9 Å². The van der Waals surface area contributed by atoms with Crippen molar-refractivity contribution in [1.82, 2.24) is 15.2 Å². The Bertz CT molecular complexity index is 419. The minimum atomic E-state index is 0.285. The Labute approximate surface area is 98.1 Å². The summed E-state index contributed by atoms with van der Waals surface area (Å²) in [6.45, 7) is 4.21. The van der Waals surface area contributed by atoms with E-state index >= 15 is 0 Å². The van der Waals surface area contributed by atoms with Gasteiger partial charge in [-0.2, -0.15) is 4.98 Å². The summed E-state index contributed by atoms with van der Waals surface area (Å²) in [7, 11) is 0. The van der Waals surface area contributed by atoms with Crippen LogP contribution >= 0.6 is 11.3 Å². The number of aryl methyl sites for hydroxylation is 1. The van der Waals surface area contributed by atoms with E-state index in [1.165, 1.54) is 9.75 Å². The van der Waals surface area contributed by atoms with Crippen molar-refractivity contribution >= 4 is 23.2 Å². The third-order valence-electron chi connectivity index (χ3n) is 2.18. The van der Waals surface area contributed by atoms with Gasteiger partial charge in [0.2, 0.25) is 11.9 Å². The number of nitrogens with two attached hydrogens (primary N) is 1. The second-order valence-corrected chi connectivity index (χ2v) is 5.18. The topological polar surface area (TPSA) is 79.6 Å². The fourth-order valence-electron chi connectivity index (χ4n) is 1.51. The minimum absolute atomic E-state index is 0.285. The van der Waals surface area contributed by atoms with Gasteiger partial charge in [0.25, 0.3) is 0 Å². The maximum absolute atomic E-state index is 5.44. The highest BCUT2D eigenvalue weighted by Gasteiger charge is 2.07. The van der Waals surface area contributed by atoms with Gasteiger partial charge in [0, 0.05) is 22.2 Å². The molecule has 16 heavy (non-hydrogen) atoms. The quantitative estimate of drug-likeness (QED) is 0.757. The van der Waals surface area contributed by atoms with Gasteiger partial charge >= 0.3 is 0 Å². The number of hydrogen-bond donors (Lipinski definition) is 3. The fourth-order valence-corrected chi connectivity index (χ4v) is 2.53. The van der Waals surface area contributed by atoms with Gasteiger partial charge in [0.15, 0.2) is 0 Å². The number of H-pyrrole nitrogens is 1. The van der Waals surface area contributed by atoms with E-state index in [1.807, 2.05) is 11.3 Å². The Morgan fingerprint density at radius 1 is 1.56 bits per heavy atom. The zero-order valence-electron chi connectivity index (χ0n) is 9.32. The zero-order valence-corrected chi connectivity index (χ0v) is 10.1. The molecule has 0 aliphatic heterocycles. The van der Waals surface area contributed by atoms with E-state index in [-0.39, 0.29) is 6.04 Å². The van der Waals surface area contributed by atoms with Gasteiger partial charge in [-0.05, 0) is 26.0 Å². The van der Waals surface area contributed by atoms with E-state index in [4.69, 9.17) is 5.73 Å². The minimum Gasteiger partial charge on any atom is -0.368 e. The molecule has 0 aliphatic carbocycles. The molecule has 5 nitrogen and oxygen atoms in total. The first-order chi connectivity index (χ1) is 7.63. The molecule has 6 heteroatoms. The van der Waals surface area contributed by atoms with Gasteiger partial charge in [-0.1, -0.05) is 0 Å². The van der Waals surface area contributed by atoms with Crippen molar-refractivity contribution in [3.05, 3.63) is 21.9 Å². The predicted octanol–water partition coefficient (Wildman–Crippen LogP) is 1.80. The lowest BCUT2D eigenvalue weighted by atomic mass is 10.2. The largest absolute Gasteiger partial charge is 0.368 e. The molecule has 0 fully saturated rings. The molecular formula is C10H15N5S. The first-order valence-electron chi connectivity index (χ1n) is 5.13. The van der Waals surface area contributed by atoms with Crippen molar-refractivity contribution < 1.29 is 0 Å². The third-order valence-corrected chi connectivity index (χ3v) is 3.20. The van der Waals surface area contributed by atoms with E-state index in [1.54, 1.807) is 0 Å². The Hall–Kier alpha value is -1.56. The van der Waals surface area contributed by atoms with Crippen LogP contribution in [0, 0.1) is 6.92 Å². The van der Waals surface area contributed by atoms with E-state index in [9.17, 15) is 0 Å². The summed E-state index contributed by atoms with van der Waals surface area (Å²) in [5.41, 5.74) is 5.44. The van der Waals surface area contributed by atoms with Gasteiger partial charge in [0.1, 0.15) is 0 Å². The number of aromatic amines is 1. The number of hydrogen-bond acceptors (Lipinski definition) is 5. The average molecular weight is 237 g/mol. The molecule has 1 atom stereocenters. The molecule has 86 valence electrons. The van der Waals surface area contributed by atoms with Crippen LogP contribution in [-0.4, -0.2) is 21.2 Å². The number of aromatic nitrogens is 3. The van der Waals surface area contributed by atoms with Crippen molar-refractivity contribution in [2.75, 3.05) is 11.1 Å². The van der Waals surface area contributed by atoms with Gasteiger partial charge in [-0.15, -0.1) is 16.4 Å². The van der Waals surface area contributed by atoms with E-state index in [0.29, 0.717) is 11.9 Å². The van der Waals surface area contributed by atoms with Crippen molar-refractivity contribution in [3.63, 3.8) is 0 Å². The number of rotatable bonds is 4. The van der Waals surface area contributed by atoms with Crippen molar-refractivity contribution in [2.24, 2.45) is 0 Å². The summed E-state index contributed by atoms with van der Waals surface area (Å²) in [5, 5.41) is 9.73. The van der Waals surface area contributed by atoms with Crippen LogP contribution < -0.4 is 11.1 Å². The molecule has 2 aromatic heterocycles. The number of anilines is 2. The number of thiophene rings is 1. The molecule has 0 aliphatic rings. The molecule has 0 saturated heterocycles. The Balaban J connectivity index is 1.91. The van der Waals surface area contributed by atoms with Gasteiger partial charge in [0.05, 0.1) is 0 Å². The number of nitrogens with one attached hydrogen (secondary N) is 2. The molecule has 0 aromatic carbocycles. The molecule has 0 saturated carbocycles. The molecular weight excluding hydrogens is 222 g/mol. The van der Waals surface area contributed by atoms with Crippen LogP contribution in [0.1, 0.15) is 16.7 Å². The summed E-state index contributed by atoms with van der Waals surface area (Å²) in [6.07, 6.45) is 0.965. The molecule has 2 heterocycles. The highest BCUT2D eigenvalue weighted by atomic mass is 32.1. The van der Waals surface area contributed by atoms with Crippen LogP contribution in [0.5, 0.6) is 0 Å². The number of nitrogen functional groups attached to an aromatic ring is 1. The Morgan fingerprint density at radius 3 is 2.94 bits per heavy atom. The highest BCUT2D eigenvalue weighted by molar-refractivity contribution is 7.11. The highest BCUT2D eigenvalue weighted by Crippen LogP contribution is 2.17. The van der Waals surface area contributed by atoms with Gasteiger partial charge in [-0.25, -0.2) is 5.10 Å². The fraction of sp³-hybridized carbons (Fsp3) is 0.400. The van der Waals surface area contributed by atoms with Crippen LogP contribution in [0.25, 0.3) is 0 Å². The molecule has 4 N–H and O–H groups in total. The van der Waals surface area contributed by atoms with Crippen LogP contribution in [0.3, 0.4) is 0 Å². The molecule has 0 amide bonds. The van der Waals surface area contributed by atoms with E-state index < -0.39 is 0 Å². The summed E-state index contributed by atoms with van der Waals surface area (Å²) in [4.78, 5) is 6.70. The standard InChI is InChI=1S/C10H15N5S/c1-6(5-8-4-3-7(2)16-8)12-10-13-9(11)14-15-10/h3-4,6H,5H2,1-2H3,(H4,11,12,13,14,15). The van der Waals surface area contributed by atoms with Crippen molar-refractivity contribution in [2.45, 2.75) is 26.3 Å². The molecule has 2 rings (SSSR count). The van der Waals surface area contributed by atoms with Crippen molar-refractivity contribution in [3.8, 4) is 0 Å². The van der Waals surface area contributed by atoms with Crippen LogP contribution in [-0.2, 0) is 6.42 Å². The predicted molar refractivity (Wildman–Crippen MR) is 66.6 cm³/mol. The number of nitrogens with zero attached hydrogens (tertiary/aromatic N) is 2. The van der Waals surface area contributed by atoms with Crippen molar-refractivity contribution in [1.29, 1.82) is 0 Å². The van der Waals surface area contributed by atoms with Gasteiger partial charge < -0.3 is 11.1 Å². The normalized spacial score (nSPS) is 12.6. The summed E-state index contributed by atoms with van der Waals surface area (Å²) < 4.78 is 0. The maximum atomic E-state index is 5.44. The first-order valence-corrected chi connectivity index (χ1v) is 5.95. The third kappa shape index (κ3) is 2.73. The lowest BCUT2D eigenvalue weighted by molar-refractivity contribution is 0.787. The second kappa shape index (κ2) is 4.52. The Kier molecular flexibility index (Phi) is 3.09. The first kappa shape index (κ1) is 10.9. The maximum Gasteiger partial charge on any atom is 0.243 e. The Morgan fingerprint density at radius 2 is 2.38 bits per heavy atom. The molecule has 0 bridgehead atoms. The second-order valence-electron chi connectivity index (χ2n) is 3.81. The van der Waals surface area contributed by atoms with Crippen LogP contribution in [0.2, 0.25) is 0 Å². The lowest BCUT2D eigenvalue weighted by Crippen LogP contribution is -2.18. The monoisotopic (exact) mass is 237 g/mol. The molecule has 0 spiro atoms. The van der Waals surface area contributed by atoms with E-state index in [0.717, 1.165) is 6.42 Å². The molecule has 2 aromatic rings. The molecule has 1 unspecified atom stereocenters. The lowest BCUT2D eigenvalue weighted by Gasteiger charge is -2.10.